The normalized spacial score (nSPS) is 11.2. The third-order valence-corrected chi connectivity index (χ3v) is 3.07. The molecule has 0 amide bonds. The van der Waals surface area contributed by atoms with Crippen LogP contribution in [0.4, 0.5) is 18.9 Å². The summed E-state index contributed by atoms with van der Waals surface area (Å²) in [6, 6.07) is 6.07. The molecule has 0 heterocycles. The number of halogens is 4. The van der Waals surface area contributed by atoms with Crippen molar-refractivity contribution in [1.29, 1.82) is 5.26 Å². The van der Waals surface area contributed by atoms with Gasteiger partial charge in [0.2, 0.25) is 0 Å². The second-order valence-corrected chi connectivity index (χ2v) is 4.23. The topological polar surface area (TPSA) is 27.0 Å². The van der Waals surface area contributed by atoms with Gasteiger partial charge in [-0.05, 0) is 24.6 Å². The summed E-state index contributed by atoms with van der Waals surface area (Å²) in [5.74, 6) is -0.181. The Morgan fingerprint density at radius 3 is 2.53 bits per heavy atom. The van der Waals surface area contributed by atoms with Crippen LogP contribution < -0.4 is 4.90 Å². The van der Waals surface area contributed by atoms with Gasteiger partial charge in [-0.2, -0.15) is 18.4 Å². The maximum absolute atomic E-state index is 12.9. The molecule has 0 saturated carbocycles. The van der Waals surface area contributed by atoms with Crippen molar-refractivity contribution >= 4 is 17.3 Å². The zero-order valence-electron chi connectivity index (χ0n) is 10.5. The van der Waals surface area contributed by atoms with Crippen LogP contribution in [0, 0.1) is 11.3 Å². The van der Waals surface area contributed by atoms with E-state index in [9.17, 15) is 13.2 Å². The van der Waals surface area contributed by atoms with Gasteiger partial charge in [0.1, 0.15) is 0 Å². The van der Waals surface area contributed by atoms with E-state index in [0.29, 0.717) is 18.8 Å². The summed E-state index contributed by atoms with van der Waals surface area (Å²) in [7, 11) is 0. The molecule has 19 heavy (non-hydrogen) atoms. The molecule has 0 aliphatic carbocycles. The summed E-state index contributed by atoms with van der Waals surface area (Å²) < 4.78 is 38.7. The van der Waals surface area contributed by atoms with E-state index < -0.39 is 11.7 Å². The molecule has 0 N–H and O–H groups in total. The summed E-state index contributed by atoms with van der Waals surface area (Å²) in [5, 5.41) is 8.55. The van der Waals surface area contributed by atoms with E-state index in [1.165, 1.54) is 6.07 Å². The van der Waals surface area contributed by atoms with Gasteiger partial charge >= 0.3 is 6.18 Å². The van der Waals surface area contributed by atoms with Crippen LogP contribution >= 0.6 is 11.6 Å². The highest BCUT2D eigenvalue weighted by atomic mass is 35.5. The van der Waals surface area contributed by atoms with Crippen molar-refractivity contribution in [2.45, 2.75) is 25.4 Å². The first-order valence-electron chi connectivity index (χ1n) is 5.82. The van der Waals surface area contributed by atoms with E-state index >= 15 is 0 Å². The van der Waals surface area contributed by atoms with Crippen LogP contribution in [-0.4, -0.2) is 13.1 Å². The lowest BCUT2D eigenvalue weighted by atomic mass is 10.1. The van der Waals surface area contributed by atoms with Gasteiger partial charge in [-0.25, -0.2) is 0 Å². The van der Waals surface area contributed by atoms with Crippen LogP contribution in [0.1, 0.15) is 24.5 Å². The van der Waals surface area contributed by atoms with Gasteiger partial charge in [-0.1, -0.05) is 6.07 Å². The third kappa shape index (κ3) is 4.03. The van der Waals surface area contributed by atoms with Gasteiger partial charge in [-0.15, -0.1) is 11.6 Å². The molecule has 1 aromatic carbocycles. The van der Waals surface area contributed by atoms with E-state index in [4.69, 9.17) is 16.9 Å². The lowest BCUT2D eigenvalue weighted by molar-refractivity contribution is -0.138. The molecule has 0 bridgehead atoms. The Hall–Kier alpha value is -1.41. The fourth-order valence-electron chi connectivity index (χ4n) is 1.80. The molecule has 0 spiro atoms. The molecule has 104 valence electrons. The number of nitriles is 1. The molecule has 0 fully saturated rings. The third-order valence-electron chi connectivity index (χ3n) is 2.78. The van der Waals surface area contributed by atoms with Gasteiger partial charge in [0, 0.05) is 24.7 Å². The number of benzene rings is 1. The Labute approximate surface area is 115 Å². The van der Waals surface area contributed by atoms with Crippen LogP contribution in [0.25, 0.3) is 0 Å². The molecule has 0 saturated heterocycles. The highest BCUT2D eigenvalue weighted by Gasteiger charge is 2.33. The van der Waals surface area contributed by atoms with E-state index in [2.05, 4.69) is 0 Å². The van der Waals surface area contributed by atoms with Crippen molar-refractivity contribution in [3.05, 3.63) is 29.3 Å². The lowest BCUT2D eigenvalue weighted by Gasteiger charge is -2.23. The minimum Gasteiger partial charge on any atom is -0.371 e. The maximum atomic E-state index is 12.9. The molecule has 0 aliphatic rings. The average Bonchev–Trinajstić information content (AvgIpc) is 2.38. The first kappa shape index (κ1) is 15.6. The van der Waals surface area contributed by atoms with Crippen molar-refractivity contribution < 1.29 is 13.2 Å². The molecule has 0 unspecified atom stereocenters. The number of hydrogen-bond acceptors (Lipinski definition) is 2. The quantitative estimate of drug-likeness (QED) is 0.761. The van der Waals surface area contributed by atoms with Crippen molar-refractivity contribution in [1.82, 2.24) is 0 Å². The Morgan fingerprint density at radius 2 is 2.05 bits per heavy atom. The van der Waals surface area contributed by atoms with E-state index in [1.807, 2.05) is 13.0 Å². The smallest absolute Gasteiger partial charge is 0.371 e. The predicted molar refractivity (Wildman–Crippen MR) is 69.1 cm³/mol. The van der Waals surface area contributed by atoms with Gasteiger partial charge in [0.25, 0.3) is 0 Å². The molecule has 0 atom stereocenters. The lowest BCUT2D eigenvalue weighted by Crippen LogP contribution is -2.24. The highest BCUT2D eigenvalue weighted by Crippen LogP contribution is 2.35. The van der Waals surface area contributed by atoms with Gasteiger partial charge < -0.3 is 4.90 Å². The second kappa shape index (κ2) is 6.67. The van der Waals surface area contributed by atoms with Gasteiger partial charge in [-0.3, -0.25) is 0 Å². The first-order valence-corrected chi connectivity index (χ1v) is 6.35. The maximum Gasteiger partial charge on any atom is 0.416 e. The van der Waals surface area contributed by atoms with E-state index in [-0.39, 0.29) is 17.9 Å². The Kier molecular flexibility index (Phi) is 5.49. The van der Waals surface area contributed by atoms with Crippen molar-refractivity contribution in [3.8, 4) is 6.07 Å². The number of anilines is 1. The van der Waals surface area contributed by atoms with E-state index in [0.717, 1.165) is 6.07 Å². The average molecular weight is 291 g/mol. The first-order chi connectivity index (χ1) is 8.93. The molecule has 2 nitrogen and oxygen atoms in total. The largest absolute Gasteiger partial charge is 0.416 e. The molecule has 1 rings (SSSR count). The summed E-state index contributed by atoms with van der Waals surface area (Å²) in [6.07, 6.45) is -4.15. The van der Waals surface area contributed by atoms with Gasteiger partial charge in [0.05, 0.1) is 18.1 Å². The second-order valence-electron chi connectivity index (χ2n) is 3.96. The molecular weight excluding hydrogens is 277 g/mol. The zero-order valence-corrected chi connectivity index (χ0v) is 11.2. The predicted octanol–water partition coefficient (Wildman–Crippen LogP) is 4.18. The minimum absolute atomic E-state index is 0.0641. The summed E-state index contributed by atoms with van der Waals surface area (Å²) in [4.78, 5) is 1.73. The Bertz CT molecular complexity index is 466. The van der Waals surface area contributed by atoms with Crippen LogP contribution in [-0.2, 0) is 12.1 Å². The number of hydrogen-bond donors (Lipinski definition) is 0. The van der Waals surface area contributed by atoms with Crippen LogP contribution in [0.3, 0.4) is 0 Å². The molecule has 0 aromatic heterocycles. The fourth-order valence-corrected chi connectivity index (χ4v) is 2.03. The number of rotatable bonds is 5. The van der Waals surface area contributed by atoms with Crippen LogP contribution in [0.15, 0.2) is 18.2 Å². The van der Waals surface area contributed by atoms with Crippen molar-refractivity contribution in [3.63, 3.8) is 0 Å². The van der Waals surface area contributed by atoms with Crippen molar-refractivity contribution in [2.75, 3.05) is 18.0 Å². The summed E-state index contributed by atoms with van der Waals surface area (Å²) in [5.41, 5.74) is -0.191. The Balaban J connectivity index is 3.13. The molecular formula is C13H14ClF3N2. The summed E-state index contributed by atoms with van der Waals surface area (Å²) in [6.45, 7) is 2.78. The number of alkyl halides is 4. The van der Waals surface area contributed by atoms with Crippen molar-refractivity contribution in [2.24, 2.45) is 0 Å². The molecule has 6 heteroatoms. The number of nitrogens with zero attached hydrogens (tertiary/aromatic N) is 2. The van der Waals surface area contributed by atoms with Crippen LogP contribution in [0.2, 0.25) is 0 Å². The standard InChI is InChI=1S/C13H14ClF3N2/c1-2-19(7-3-6-18)11-5-4-10(9-14)12(8-11)13(15,16)17/h4-5,8H,2-3,7,9H2,1H3. The fraction of sp³-hybridized carbons (Fsp3) is 0.462. The zero-order chi connectivity index (χ0) is 14.5. The Morgan fingerprint density at radius 1 is 1.37 bits per heavy atom. The highest BCUT2D eigenvalue weighted by molar-refractivity contribution is 6.17. The minimum atomic E-state index is -4.42. The monoisotopic (exact) mass is 290 g/mol. The molecule has 0 radical (unpaired) electrons. The summed E-state index contributed by atoms with van der Waals surface area (Å²) >= 11 is 5.53. The van der Waals surface area contributed by atoms with Gasteiger partial charge in [0.15, 0.2) is 0 Å². The van der Waals surface area contributed by atoms with Crippen LogP contribution in [0.5, 0.6) is 0 Å². The molecule has 0 aliphatic heterocycles. The molecule has 1 aromatic rings. The SMILES string of the molecule is CCN(CCC#N)c1ccc(CCl)c(C(F)(F)F)c1. The van der Waals surface area contributed by atoms with E-state index in [1.54, 1.807) is 11.0 Å².